The second kappa shape index (κ2) is 7.87. The third-order valence-corrected chi connectivity index (χ3v) is 4.14. The van der Waals surface area contributed by atoms with Crippen molar-refractivity contribution in [3.8, 4) is 5.75 Å². The Kier molecular flexibility index (Phi) is 5.37. The smallest absolute Gasteiger partial charge is 0.136 e. The van der Waals surface area contributed by atoms with Crippen molar-refractivity contribution in [2.75, 3.05) is 17.7 Å². The van der Waals surface area contributed by atoms with E-state index in [4.69, 9.17) is 4.74 Å². The van der Waals surface area contributed by atoms with Gasteiger partial charge in [0.05, 0.1) is 7.11 Å². The average molecular weight is 348 g/mol. The van der Waals surface area contributed by atoms with E-state index in [1.165, 1.54) is 11.1 Å². The van der Waals surface area contributed by atoms with Crippen LogP contribution in [0, 0.1) is 20.8 Å². The first kappa shape index (κ1) is 17.7. The van der Waals surface area contributed by atoms with E-state index in [2.05, 4.69) is 52.6 Å². The first-order valence-corrected chi connectivity index (χ1v) is 8.61. The minimum absolute atomic E-state index is 0.628. The van der Waals surface area contributed by atoms with Crippen molar-refractivity contribution in [1.82, 2.24) is 9.97 Å². The zero-order chi connectivity index (χ0) is 18.5. The summed E-state index contributed by atoms with van der Waals surface area (Å²) in [5.41, 5.74) is 4.55. The van der Waals surface area contributed by atoms with Gasteiger partial charge in [-0.25, -0.2) is 9.97 Å². The van der Waals surface area contributed by atoms with Crippen molar-refractivity contribution in [1.29, 1.82) is 0 Å². The lowest BCUT2D eigenvalue weighted by molar-refractivity contribution is 0.410. The van der Waals surface area contributed by atoms with Crippen LogP contribution < -0.4 is 15.4 Å². The first-order chi connectivity index (χ1) is 12.5. The van der Waals surface area contributed by atoms with Crippen LogP contribution in [-0.2, 0) is 6.54 Å². The first-order valence-electron chi connectivity index (χ1n) is 8.61. The molecule has 0 unspecified atom stereocenters. The summed E-state index contributed by atoms with van der Waals surface area (Å²) in [6, 6.07) is 16.2. The number of benzene rings is 2. The maximum atomic E-state index is 5.40. The van der Waals surface area contributed by atoms with Crippen LogP contribution in [0.1, 0.15) is 22.5 Å². The molecule has 1 heterocycles. The Morgan fingerprint density at radius 1 is 0.923 bits per heavy atom. The summed E-state index contributed by atoms with van der Waals surface area (Å²) in [6.07, 6.45) is 0. The standard InChI is InChI=1S/C21H24N4O/c1-14-9-10-18(15(2)11-14)25-21-12-20(23-16(3)24-21)22-13-17-7-5-6-8-19(17)26-4/h5-12H,13H2,1-4H3,(H2,22,23,24,25). The van der Waals surface area contributed by atoms with Crippen molar-refractivity contribution in [3.63, 3.8) is 0 Å². The van der Waals surface area contributed by atoms with E-state index in [1.54, 1.807) is 7.11 Å². The highest BCUT2D eigenvalue weighted by Gasteiger charge is 2.06. The zero-order valence-electron chi connectivity index (χ0n) is 15.6. The van der Waals surface area contributed by atoms with Gasteiger partial charge in [0.2, 0.25) is 0 Å². The Hall–Kier alpha value is -3.08. The van der Waals surface area contributed by atoms with E-state index < -0.39 is 0 Å². The monoisotopic (exact) mass is 348 g/mol. The fourth-order valence-corrected chi connectivity index (χ4v) is 2.85. The molecule has 0 atom stereocenters. The molecule has 0 fully saturated rings. The summed E-state index contributed by atoms with van der Waals surface area (Å²) in [7, 11) is 1.68. The highest BCUT2D eigenvalue weighted by molar-refractivity contribution is 5.63. The Bertz CT molecular complexity index is 908. The van der Waals surface area contributed by atoms with E-state index in [1.807, 2.05) is 37.3 Å². The second-order valence-corrected chi connectivity index (χ2v) is 6.29. The Balaban J connectivity index is 1.77. The molecular weight excluding hydrogens is 324 g/mol. The normalized spacial score (nSPS) is 10.5. The van der Waals surface area contributed by atoms with Crippen LogP contribution in [0.5, 0.6) is 5.75 Å². The topological polar surface area (TPSA) is 59.1 Å². The predicted molar refractivity (Wildman–Crippen MR) is 106 cm³/mol. The number of aromatic nitrogens is 2. The molecule has 0 aliphatic heterocycles. The Labute approximate surface area is 154 Å². The molecule has 0 amide bonds. The van der Waals surface area contributed by atoms with Gasteiger partial charge in [-0.05, 0) is 38.5 Å². The van der Waals surface area contributed by atoms with Crippen LogP contribution in [0.4, 0.5) is 17.3 Å². The molecule has 0 aliphatic rings. The fraction of sp³-hybridized carbons (Fsp3) is 0.238. The van der Waals surface area contributed by atoms with Gasteiger partial charge in [0, 0.05) is 23.9 Å². The van der Waals surface area contributed by atoms with Gasteiger partial charge in [-0.3, -0.25) is 0 Å². The molecule has 0 saturated carbocycles. The Morgan fingerprint density at radius 3 is 2.46 bits per heavy atom. The molecular formula is C21H24N4O. The summed E-state index contributed by atoms with van der Waals surface area (Å²) in [4.78, 5) is 8.97. The second-order valence-electron chi connectivity index (χ2n) is 6.29. The number of ether oxygens (including phenoxy) is 1. The van der Waals surface area contributed by atoms with Crippen LogP contribution in [0.15, 0.2) is 48.5 Å². The average Bonchev–Trinajstić information content (AvgIpc) is 2.62. The van der Waals surface area contributed by atoms with Gasteiger partial charge in [0.25, 0.3) is 0 Å². The van der Waals surface area contributed by atoms with E-state index in [-0.39, 0.29) is 0 Å². The molecule has 0 spiro atoms. The lowest BCUT2D eigenvalue weighted by Crippen LogP contribution is -2.06. The van der Waals surface area contributed by atoms with Gasteiger partial charge in [-0.1, -0.05) is 35.9 Å². The van der Waals surface area contributed by atoms with E-state index >= 15 is 0 Å². The molecule has 5 nitrogen and oxygen atoms in total. The molecule has 5 heteroatoms. The van der Waals surface area contributed by atoms with Crippen molar-refractivity contribution in [2.24, 2.45) is 0 Å². The minimum Gasteiger partial charge on any atom is -0.496 e. The summed E-state index contributed by atoms with van der Waals surface area (Å²) >= 11 is 0. The third kappa shape index (κ3) is 4.30. The maximum Gasteiger partial charge on any atom is 0.136 e. The number of methoxy groups -OCH3 is 1. The molecule has 26 heavy (non-hydrogen) atoms. The quantitative estimate of drug-likeness (QED) is 0.672. The van der Waals surface area contributed by atoms with E-state index in [9.17, 15) is 0 Å². The van der Waals surface area contributed by atoms with Crippen LogP contribution >= 0.6 is 0 Å². The molecule has 1 aromatic heterocycles. The highest BCUT2D eigenvalue weighted by atomic mass is 16.5. The van der Waals surface area contributed by atoms with E-state index in [0.29, 0.717) is 12.4 Å². The number of hydrogen-bond acceptors (Lipinski definition) is 5. The number of nitrogens with zero attached hydrogens (tertiary/aromatic N) is 2. The molecule has 0 bridgehead atoms. The number of hydrogen-bond donors (Lipinski definition) is 2. The van der Waals surface area contributed by atoms with Gasteiger partial charge in [-0.2, -0.15) is 0 Å². The van der Waals surface area contributed by atoms with Crippen molar-refractivity contribution < 1.29 is 4.74 Å². The zero-order valence-corrected chi connectivity index (χ0v) is 15.6. The van der Waals surface area contributed by atoms with Gasteiger partial charge < -0.3 is 15.4 Å². The summed E-state index contributed by atoms with van der Waals surface area (Å²) in [6.45, 7) is 6.70. The molecule has 134 valence electrons. The van der Waals surface area contributed by atoms with E-state index in [0.717, 1.165) is 28.6 Å². The molecule has 0 radical (unpaired) electrons. The molecule has 3 aromatic rings. The number of anilines is 3. The predicted octanol–water partition coefficient (Wildman–Crippen LogP) is 4.77. The van der Waals surface area contributed by atoms with Crippen LogP contribution in [0.3, 0.4) is 0 Å². The van der Waals surface area contributed by atoms with Crippen molar-refractivity contribution >= 4 is 17.3 Å². The molecule has 2 aromatic carbocycles. The summed E-state index contributed by atoms with van der Waals surface area (Å²) in [5.74, 6) is 3.12. The number of rotatable bonds is 6. The lowest BCUT2D eigenvalue weighted by Gasteiger charge is -2.13. The number of para-hydroxylation sites is 1. The van der Waals surface area contributed by atoms with Crippen molar-refractivity contribution in [3.05, 3.63) is 71.0 Å². The molecule has 2 N–H and O–H groups in total. The van der Waals surface area contributed by atoms with Gasteiger partial charge >= 0.3 is 0 Å². The number of aryl methyl sites for hydroxylation is 3. The van der Waals surface area contributed by atoms with Gasteiger partial charge in [0.15, 0.2) is 0 Å². The molecule has 0 saturated heterocycles. The SMILES string of the molecule is COc1ccccc1CNc1cc(Nc2ccc(C)cc2C)nc(C)n1. The van der Waals surface area contributed by atoms with Gasteiger partial charge in [0.1, 0.15) is 23.2 Å². The fourth-order valence-electron chi connectivity index (χ4n) is 2.85. The Morgan fingerprint density at radius 2 is 1.69 bits per heavy atom. The van der Waals surface area contributed by atoms with Crippen LogP contribution in [-0.4, -0.2) is 17.1 Å². The summed E-state index contributed by atoms with van der Waals surface area (Å²) < 4.78 is 5.40. The molecule has 0 aliphatic carbocycles. The summed E-state index contributed by atoms with van der Waals surface area (Å²) in [5, 5.41) is 6.74. The van der Waals surface area contributed by atoms with Crippen LogP contribution in [0.2, 0.25) is 0 Å². The van der Waals surface area contributed by atoms with Gasteiger partial charge in [-0.15, -0.1) is 0 Å². The maximum absolute atomic E-state index is 5.40. The molecule has 3 rings (SSSR count). The highest BCUT2D eigenvalue weighted by Crippen LogP contribution is 2.23. The minimum atomic E-state index is 0.628. The lowest BCUT2D eigenvalue weighted by atomic mass is 10.1. The number of nitrogens with one attached hydrogen (secondary N) is 2. The van der Waals surface area contributed by atoms with Crippen molar-refractivity contribution in [2.45, 2.75) is 27.3 Å². The van der Waals surface area contributed by atoms with Crippen LogP contribution in [0.25, 0.3) is 0 Å². The largest absolute Gasteiger partial charge is 0.496 e. The third-order valence-electron chi connectivity index (χ3n) is 4.14.